The molecule has 0 spiro atoms. The first-order chi connectivity index (χ1) is 5.33. The monoisotopic (exact) mass is 213 g/mol. The van der Waals surface area contributed by atoms with Crippen LogP contribution in [0, 0.1) is 17.8 Å². The highest BCUT2D eigenvalue weighted by molar-refractivity contribution is 9.09. The molecule has 0 amide bonds. The molecule has 0 N–H and O–H groups in total. The zero-order valence-electron chi connectivity index (χ0n) is 5.64. The largest absolute Gasteiger partial charge is 0.228 e. The number of pyridine rings is 1. The first-order valence-electron chi connectivity index (χ1n) is 2.99. The summed E-state index contributed by atoms with van der Waals surface area (Å²) in [5.41, 5.74) is 0.650. The lowest BCUT2D eigenvalue weighted by Crippen LogP contribution is -1.82. The van der Waals surface area contributed by atoms with Crippen molar-refractivity contribution in [3.63, 3.8) is 0 Å². The second kappa shape index (κ2) is 4.09. The maximum atomic E-state index is 12.4. The molecule has 0 unspecified atom stereocenters. The normalized spacial score (nSPS) is 8.55. The minimum atomic E-state index is -0.494. The number of nitrogens with zero attached hydrogens (tertiary/aromatic N) is 1. The lowest BCUT2D eigenvalue weighted by Gasteiger charge is -1.87. The molecule has 0 fully saturated rings. The summed E-state index contributed by atoms with van der Waals surface area (Å²) >= 11 is 3.14. The molecule has 1 aromatic heterocycles. The van der Waals surface area contributed by atoms with Gasteiger partial charge in [-0.15, -0.1) is 0 Å². The van der Waals surface area contributed by atoms with Crippen LogP contribution in [-0.4, -0.2) is 10.3 Å². The average molecular weight is 214 g/mol. The molecular formula is C8H5BrFN. The van der Waals surface area contributed by atoms with E-state index in [4.69, 9.17) is 0 Å². The van der Waals surface area contributed by atoms with Gasteiger partial charge in [0.05, 0.1) is 5.33 Å². The van der Waals surface area contributed by atoms with Crippen molar-refractivity contribution in [3.05, 3.63) is 29.8 Å². The van der Waals surface area contributed by atoms with Crippen LogP contribution in [0.15, 0.2) is 18.3 Å². The molecule has 0 saturated heterocycles. The van der Waals surface area contributed by atoms with Crippen LogP contribution in [0.1, 0.15) is 5.56 Å². The number of alkyl halides is 1. The van der Waals surface area contributed by atoms with Gasteiger partial charge in [0.25, 0.3) is 0 Å². The maximum Gasteiger partial charge on any atom is 0.214 e. The molecular weight excluding hydrogens is 209 g/mol. The number of hydrogen-bond donors (Lipinski definition) is 0. The second-order valence-electron chi connectivity index (χ2n) is 1.80. The maximum absolute atomic E-state index is 12.4. The van der Waals surface area contributed by atoms with E-state index in [1.165, 1.54) is 12.3 Å². The zero-order valence-corrected chi connectivity index (χ0v) is 7.23. The average Bonchev–Trinajstić information content (AvgIpc) is 2.01. The lowest BCUT2D eigenvalue weighted by atomic mass is 10.3. The Morgan fingerprint density at radius 1 is 1.64 bits per heavy atom. The third-order valence-corrected chi connectivity index (χ3v) is 1.31. The van der Waals surface area contributed by atoms with E-state index < -0.39 is 5.95 Å². The zero-order chi connectivity index (χ0) is 8.10. The first-order valence-corrected chi connectivity index (χ1v) is 4.11. The third kappa shape index (κ3) is 2.69. The van der Waals surface area contributed by atoms with Gasteiger partial charge in [-0.3, -0.25) is 0 Å². The topological polar surface area (TPSA) is 12.9 Å². The summed E-state index contributed by atoms with van der Waals surface area (Å²) in [5.74, 6) is 5.03. The molecule has 0 saturated carbocycles. The van der Waals surface area contributed by atoms with E-state index in [0.29, 0.717) is 10.9 Å². The van der Waals surface area contributed by atoms with E-state index >= 15 is 0 Å². The van der Waals surface area contributed by atoms with Crippen LogP contribution in [0.2, 0.25) is 0 Å². The minimum Gasteiger partial charge on any atom is -0.228 e. The highest BCUT2D eigenvalue weighted by Gasteiger charge is 1.89. The fraction of sp³-hybridized carbons (Fsp3) is 0.125. The van der Waals surface area contributed by atoms with Crippen LogP contribution in [0.4, 0.5) is 4.39 Å². The third-order valence-electron chi connectivity index (χ3n) is 1.03. The number of hydrogen-bond acceptors (Lipinski definition) is 1. The molecule has 3 heteroatoms. The van der Waals surface area contributed by atoms with E-state index in [1.54, 1.807) is 6.07 Å². The Balaban J connectivity index is 2.87. The van der Waals surface area contributed by atoms with Crippen molar-refractivity contribution in [2.45, 2.75) is 0 Å². The number of aromatic nitrogens is 1. The highest BCUT2D eigenvalue weighted by Crippen LogP contribution is 1.97. The molecule has 56 valence electrons. The Labute approximate surface area is 72.8 Å². The SMILES string of the molecule is Fc1cc(C#CCBr)ccn1. The van der Waals surface area contributed by atoms with Crippen molar-refractivity contribution in [2.24, 2.45) is 0 Å². The van der Waals surface area contributed by atoms with Crippen LogP contribution in [0.5, 0.6) is 0 Å². The fourth-order valence-corrected chi connectivity index (χ4v) is 0.756. The number of rotatable bonds is 0. The Hall–Kier alpha value is -0.880. The summed E-state index contributed by atoms with van der Waals surface area (Å²) in [6, 6.07) is 2.97. The molecule has 0 bridgehead atoms. The molecule has 0 atom stereocenters. The van der Waals surface area contributed by atoms with Gasteiger partial charge in [0.15, 0.2) is 0 Å². The molecule has 1 heterocycles. The van der Waals surface area contributed by atoms with Gasteiger partial charge in [0.1, 0.15) is 0 Å². The quantitative estimate of drug-likeness (QED) is 0.365. The molecule has 1 nitrogen and oxygen atoms in total. The van der Waals surface area contributed by atoms with E-state index in [0.717, 1.165) is 0 Å². The van der Waals surface area contributed by atoms with Crippen LogP contribution in [0.25, 0.3) is 0 Å². The van der Waals surface area contributed by atoms with Crippen molar-refractivity contribution >= 4 is 15.9 Å². The first kappa shape index (κ1) is 8.22. The van der Waals surface area contributed by atoms with Gasteiger partial charge in [-0.2, -0.15) is 4.39 Å². The van der Waals surface area contributed by atoms with Crippen molar-refractivity contribution in [1.29, 1.82) is 0 Å². The van der Waals surface area contributed by atoms with Crippen molar-refractivity contribution in [2.75, 3.05) is 5.33 Å². The molecule has 0 aromatic carbocycles. The van der Waals surface area contributed by atoms with E-state index in [-0.39, 0.29) is 0 Å². The molecule has 0 aliphatic rings. The highest BCUT2D eigenvalue weighted by atomic mass is 79.9. The van der Waals surface area contributed by atoms with E-state index in [2.05, 4.69) is 32.8 Å². The molecule has 0 radical (unpaired) electrons. The lowest BCUT2D eigenvalue weighted by molar-refractivity contribution is 0.583. The summed E-state index contributed by atoms with van der Waals surface area (Å²) in [7, 11) is 0. The van der Waals surface area contributed by atoms with Gasteiger partial charge >= 0.3 is 0 Å². The van der Waals surface area contributed by atoms with Gasteiger partial charge in [-0.1, -0.05) is 27.8 Å². The van der Waals surface area contributed by atoms with Crippen LogP contribution < -0.4 is 0 Å². The van der Waals surface area contributed by atoms with Gasteiger partial charge in [-0.05, 0) is 6.07 Å². The van der Waals surface area contributed by atoms with Crippen molar-refractivity contribution < 1.29 is 4.39 Å². The van der Waals surface area contributed by atoms with E-state index in [1.807, 2.05) is 0 Å². The Bertz CT molecular complexity index is 300. The summed E-state index contributed by atoms with van der Waals surface area (Å²) in [6.07, 6.45) is 1.40. The van der Waals surface area contributed by atoms with E-state index in [9.17, 15) is 4.39 Å². The predicted octanol–water partition coefficient (Wildman–Crippen LogP) is 1.97. The second-order valence-corrected chi connectivity index (χ2v) is 2.36. The standard InChI is InChI=1S/C8H5BrFN/c9-4-1-2-7-3-5-11-8(10)6-7/h3,5-6H,4H2. The van der Waals surface area contributed by atoms with Gasteiger partial charge < -0.3 is 0 Å². The fourth-order valence-electron chi connectivity index (χ4n) is 0.616. The van der Waals surface area contributed by atoms with Crippen LogP contribution in [-0.2, 0) is 0 Å². The van der Waals surface area contributed by atoms with Crippen molar-refractivity contribution in [1.82, 2.24) is 4.98 Å². The van der Waals surface area contributed by atoms with Gasteiger partial charge in [0, 0.05) is 17.8 Å². The summed E-state index contributed by atoms with van der Waals surface area (Å²) in [4.78, 5) is 3.40. The molecule has 0 aliphatic carbocycles. The minimum absolute atomic E-state index is 0.494. The van der Waals surface area contributed by atoms with Crippen LogP contribution in [0.3, 0.4) is 0 Å². The number of halogens is 2. The molecule has 11 heavy (non-hydrogen) atoms. The summed E-state index contributed by atoms with van der Waals surface area (Å²) < 4.78 is 12.4. The Kier molecular flexibility index (Phi) is 3.06. The Morgan fingerprint density at radius 3 is 3.09 bits per heavy atom. The van der Waals surface area contributed by atoms with Crippen LogP contribution >= 0.6 is 15.9 Å². The summed E-state index contributed by atoms with van der Waals surface area (Å²) in [6.45, 7) is 0. The molecule has 1 rings (SSSR count). The van der Waals surface area contributed by atoms with Crippen molar-refractivity contribution in [3.8, 4) is 11.8 Å². The Morgan fingerprint density at radius 2 is 2.45 bits per heavy atom. The van der Waals surface area contributed by atoms with Gasteiger partial charge in [0.2, 0.25) is 5.95 Å². The smallest absolute Gasteiger partial charge is 0.214 e. The molecule has 1 aromatic rings. The summed E-state index contributed by atoms with van der Waals surface area (Å²) in [5, 5.41) is 0.594. The van der Waals surface area contributed by atoms with Gasteiger partial charge in [-0.25, -0.2) is 4.98 Å². The molecule has 0 aliphatic heterocycles. The predicted molar refractivity (Wildman–Crippen MR) is 44.9 cm³/mol.